The molecule has 1 heterocycles. The normalized spacial score (nSPS) is 13.8. The second-order valence-electron chi connectivity index (χ2n) is 5.28. The van der Waals surface area contributed by atoms with Gasteiger partial charge in [-0.3, -0.25) is 4.79 Å². The number of aryl methyl sites for hydroxylation is 1. The predicted octanol–water partition coefficient (Wildman–Crippen LogP) is 3.47. The van der Waals surface area contributed by atoms with Crippen LogP contribution in [0, 0.1) is 0 Å². The Morgan fingerprint density at radius 1 is 1.24 bits per heavy atom. The van der Waals surface area contributed by atoms with Crippen LogP contribution in [0.5, 0.6) is 0 Å². The van der Waals surface area contributed by atoms with Gasteiger partial charge in [0.2, 0.25) is 0 Å². The number of benzene rings is 1. The van der Waals surface area contributed by atoms with Crippen LogP contribution in [0.1, 0.15) is 35.7 Å². The molecule has 4 nitrogen and oxygen atoms in total. The van der Waals surface area contributed by atoms with E-state index in [0.717, 1.165) is 30.5 Å². The number of para-hydroxylation sites is 1. The summed E-state index contributed by atoms with van der Waals surface area (Å²) in [5.74, 6) is 0.554. The van der Waals surface area contributed by atoms with E-state index in [2.05, 4.69) is 22.5 Å². The lowest BCUT2D eigenvalue weighted by Gasteiger charge is -2.12. The molecule has 1 amide bonds. The van der Waals surface area contributed by atoms with Crippen molar-refractivity contribution < 1.29 is 4.79 Å². The third-order valence-electron chi connectivity index (χ3n) is 3.62. The largest absolute Gasteiger partial charge is 0.367 e. The molecule has 0 bridgehead atoms. The molecule has 1 fully saturated rings. The number of hydrogen-bond donors (Lipinski definition) is 2. The fraction of sp³-hybridized carbons (Fsp3) is 0.294. The van der Waals surface area contributed by atoms with Crippen molar-refractivity contribution in [2.24, 2.45) is 0 Å². The van der Waals surface area contributed by atoms with Gasteiger partial charge in [-0.25, -0.2) is 4.98 Å². The summed E-state index contributed by atoms with van der Waals surface area (Å²) in [7, 11) is 0. The lowest BCUT2D eigenvalue weighted by atomic mass is 10.1. The molecule has 1 aliphatic carbocycles. The van der Waals surface area contributed by atoms with Crippen molar-refractivity contribution in [3.8, 4) is 0 Å². The Morgan fingerprint density at radius 3 is 2.81 bits per heavy atom. The van der Waals surface area contributed by atoms with E-state index in [-0.39, 0.29) is 5.91 Å². The molecule has 0 aliphatic heterocycles. The summed E-state index contributed by atoms with van der Waals surface area (Å²) < 4.78 is 0. The Labute approximate surface area is 124 Å². The van der Waals surface area contributed by atoms with Crippen molar-refractivity contribution in [3.63, 3.8) is 0 Å². The number of nitrogens with zero attached hydrogens (tertiary/aromatic N) is 1. The smallest absolute Gasteiger partial charge is 0.259 e. The number of amides is 1. The van der Waals surface area contributed by atoms with Crippen molar-refractivity contribution in [1.29, 1.82) is 0 Å². The molecule has 1 saturated carbocycles. The van der Waals surface area contributed by atoms with E-state index < -0.39 is 0 Å². The molecule has 4 heteroatoms. The van der Waals surface area contributed by atoms with Gasteiger partial charge in [-0.15, -0.1) is 0 Å². The molecular weight excluding hydrogens is 262 g/mol. The monoisotopic (exact) mass is 281 g/mol. The summed E-state index contributed by atoms with van der Waals surface area (Å²) in [4.78, 5) is 16.8. The predicted molar refractivity (Wildman–Crippen MR) is 84.7 cm³/mol. The number of hydrogen-bond acceptors (Lipinski definition) is 3. The molecule has 0 unspecified atom stereocenters. The van der Waals surface area contributed by atoms with Crippen molar-refractivity contribution in [3.05, 3.63) is 53.7 Å². The van der Waals surface area contributed by atoms with Crippen LogP contribution in [0.4, 0.5) is 11.5 Å². The third-order valence-corrected chi connectivity index (χ3v) is 3.62. The summed E-state index contributed by atoms with van der Waals surface area (Å²) in [6.07, 6.45) is 4.89. The van der Waals surface area contributed by atoms with E-state index in [1.54, 1.807) is 12.3 Å². The van der Waals surface area contributed by atoms with Crippen molar-refractivity contribution in [2.45, 2.75) is 32.2 Å². The maximum absolute atomic E-state index is 12.5. The van der Waals surface area contributed by atoms with Gasteiger partial charge in [0.15, 0.2) is 0 Å². The fourth-order valence-corrected chi connectivity index (χ4v) is 2.26. The van der Waals surface area contributed by atoms with Gasteiger partial charge in [-0.1, -0.05) is 25.1 Å². The minimum Gasteiger partial charge on any atom is -0.367 e. The Kier molecular flexibility index (Phi) is 3.86. The van der Waals surface area contributed by atoms with Gasteiger partial charge in [-0.05, 0) is 43.0 Å². The standard InChI is InChI=1S/C17H19N3O/c1-2-12-6-3-4-8-15(12)20-17(21)14-7-5-11-18-16(14)19-13-9-10-13/h3-8,11,13H,2,9-10H2,1H3,(H,18,19)(H,20,21). The van der Waals surface area contributed by atoms with Gasteiger partial charge >= 0.3 is 0 Å². The zero-order valence-electron chi connectivity index (χ0n) is 12.1. The van der Waals surface area contributed by atoms with Gasteiger partial charge in [0.1, 0.15) is 5.82 Å². The highest BCUT2D eigenvalue weighted by atomic mass is 16.1. The van der Waals surface area contributed by atoms with E-state index in [1.807, 2.05) is 30.3 Å². The van der Waals surface area contributed by atoms with Crippen LogP contribution in [-0.2, 0) is 6.42 Å². The van der Waals surface area contributed by atoms with Crippen LogP contribution in [0.2, 0.25) is 0 Å². The van der Waals surface area contributed by atoms with E-state index >= 15 is 0 Å². The van der Waals surface area contributed by atoms with Crippen molar-refractivity contribution in [1.82, 2.24) is 4.98 Å². The number of nitrogens with one attached hydrogen (secondary N) is 2. The van der Waals surface area contributed by atoms with Crippen LogP contribution < -0.4 is 10.6 Å². The SMILES string of the molecule is CCc1ccccc1NC(=O)c1cccnc1NC1CC1. The fourth-order valence-electron chi connectivity index (χ4n) is 2.26. The molecule has 3 rings (SSSR count). The van der Waals surface area contributed by atoms with Gasteiger partial charge in [-0.2, -0.15) is 0 Å². The van der Waals surface area contributed by atoms with E-state index in [9.17, 15) is 4.79 Å². The van der Waals surface area contributed by atoms with E-state index in [0.29, 0.717) is 17.4 Å². The summed E-state index contributed by atoms with van der Waals surface area (Å²) in [5, 5.41) is 6.30. The molecule has 1 aliphatic rings. The van der Waals surface area contributed by atoms with E-state index in [1.165, 1.54) is 0 Å². The van der Waals surface area contributed by atoms with Gasteiger partial charge in [0.05, 0.1) is 5.56 Å². The first-order valence-corrected chi connectivity index (χ1v) is 7.38. The quantitative estimate of drug-likeness (QED) is 0.882. The first-order chi connectivity index (χ1) is 10.3. The topological polar surface area (TPSA) is 54.0 Å². The number of carbonyl (C=O) groups excluding carboxylic acids is 1. The minimum absolute atomic E-state index is 0.118. The third kappa shape index (κ3) is 3.21. The molecule has 1 aromatic heterocycles. The average molecular weight is 281 g/mol. The number of anilines is 2. The summed E-state index contributed by atoms with van der Waals surface area (Å²) in [6, 6.07) is 11.9. The molecular formula is C17H19N3O. The molecule has 2 aromatic rings. The molecule has 0 saturated heterocycles. The lowest BCUT2D eigenvalue weighted by Crippen LogP contribution is -2.17. The van der Waals surface area contributed by atoms with Crippen molar-refractivity contribution >= 4 is 17.4 Å². The summed E-state index contributed by atoms with van der Waals surface area (Å²) in [5.41, 5.74) is 2.59. The van der Waals surface area contributed by atoms with E-state index in [4.69, 9.17) is 0 Å². The van der Waals surface area contributed by atoms with Crippen LogP contribution in [-0.4, -0.2) is 16.9 Å². The highest BCUT2D eigenvalue weighted by Gasteiger charge is 2.23. The molecule has 21 heavy (non-hydrogen) atoms. The Balaban J connectivity index is 1.81. The lowest BCUT2D eigenvalue weighted by molar-refractivity contribution is 0.102. The molecule has 1 aromatic carbocycles. The number of pyridine rings is 1. The first-order valence-electron chi connectivity index (χ1n) is 7.38. The van der Waals surface area contributed by atoms with Crippen LogP contribution >= 0.6 is 0 Å². The minimum atomic E-state index is -0.118. The Morgan fingerprint density at radius 2 is 2.05 bits per heavy atom. The summed E-state index contributed by atoms with van der Waals surface area (Å²) in [6.45, 7) is 2.08. The first kappa shape index (κ1) is 13.6. The summed E-state index contributed by atoms with van der Waals surface area (Å²) >= 11 is 0. The molecule has 108 valence electrons. The number of rotatable bonds is 5. The van der Waals surface area contributed by atoms with Gasteiger partial charge in [0.25, 0.3) is 5.91 Å². The number of aromatic nitrogens is 1. The van der Waals surface area contributed by atoms with Crippen LogP contribution in [0.3, 0.4) is 0 Å². The highest BCUT2D eigenvalue weighted by molar-refractivity contribution is 6.07. The van der Waals surface area contributed by atoms with Gasteiger partial charge < -0.3 is 10.6 Å². The van der Waals surface area contributed by atoms with Gasteiger partial charge in [0, 0.05) is 17.9 Å². The molecule has 2 N–H and O–H groups in total. The second-order valence-corrected chi connectivity index (χ2v) is 5.28. The molecule has 0 atom stereocenters. The van der Waals surface area contributed by atoms with Crippen molar-refractivity contribution in [2.75, 3.05) is 10.6 Å². The molecule has 0 spiro atoms. The Hall–Kier alpha value is -2.36. The van der Waals surface area contributed by atoms with Crippen LogP contribution in [0.25, 0.3) is 0 Å². The number of carbonyl (C=O) groups is 1. The zero-order chi connectivity index (χ0) is 14.7. The van der Waals surface area contributed by atoms with Crippen LogP contribution in [0.15, 0.2) is 42.6 Å². The highest BCUT2D eigenvalue weighted by Crippen LogP contribution is 2.26. The maximum Gasteiger partial charge on any atom is 0.259 e. The maximum atomic E-state index is 12.5. The Bertz CT molecular complexity index is 650. The second kappa shape index (κ2) is 5.95. The zero-order valence-corrected chi connectivity index (χ0v) is 12.1. The molecule has 0 radical (unpaired) electrons. The average Bonchev–Trinajstić information content (AvgIpc) is 3.32.